The van der Waals surface area contributed by atoms with Crippen molar-refractivity contribution in [3.05, 3.63) is 28.8 Å². The van der Waals surface area contributed by atoms with E-state index in [0.717, 1.165) is 12.2 Å². The Morgan fingerprint density at radius 2 is 2.12 bits per heavy atom. The Labute approximate surface area is 107 Å². The highest BCUT2D eigenvalue weighted by Gasteiger charge is 2.13. The van der Waals surface area contributed by atoms with Crippen molar-refractivity contribution in [1.82, 2.24) is 0 Å². The highest BCUT2D eigenvalue weighted by molar-refractivity contribution is 6.30. The Hall–Kier alpha value is -1.71. The predicted molar refractivity (Wildman–Crippen MR) is 68.8 cm³/mol. The molecule has 1 atom stereocenters. The van der Waals surface area contributed by atoms with Gasteiger partial charge in [0.25, 0.3) is 0 Å². The summed E-state index contributed by atoms with van der Waals surface area (Å²) >= 11 is 5.85. The van der Waals surface area contributed by atoms with Gasteiger partial charge in [-0.2, -0.15) is 10.5 Å². The normalized spacial score (nSPS) is 11.4. The number of nitriles is 2. The third kappa shape index (κ3) is 3.37. The Morgan fingerprint density at radius 3 is 2.65 bits per heavy atom. The first-order chi connectivity index (χ1) is 8.12. The van der Waals surface area contributed by atoms with E-state index in [1.165, 1.54) is 0 Å². The summed E-state index contributed by atoms with van der Waals surface area (Å²) < 4.78 is 0. The third-order valence-corrected chi connectivity index (χ3v) is 2.75. The topological polar surface area (TPSA) is 50.8 Å². The third-order valence-electron chi connectivity index (χ3n) is 2.52. The minimum Gasteiger partial charge on any atom is -0.369 e. The van der Waals surface area contributed by atoms with Crippen LogP contribution in [0.4, 0.5) is 5.69 Å². The molecule has 1 unspecified atom stereocenters. The number of rotatable bonds is 4. The molecule has 0 spiro atoms. The largest absolute Gasteiger partial charge is 0.369 e. The van der Waals surface area contributed by atoms with Gasteiger partial charge in [-0.25, -0.2) is 0 Å². The molecule has 0 saturated carbocycles. The monoisotopic (exact) mass is 247 g/mol. The average Bonchev–Trinajstić information content (AvgIpc) is 2.35. The lowest BCUT2D eigenvalue weighted by Crippen LogP contribution is -2.28. The Morgan fingerprint density at radius 1 is 1.41 bits per heavy atom. The van der Waals surface area contributed by atoms with Gasteiger partial charge in [-0.3, -0.25) is 0 Å². The minimum absolute atomic E-state index is 0.0721. The summed E-state index contributed by atoms with van der Waals surface area (Å²) in [5.74, 6) is -0.0721. The molecule has 0 aliphatic carbocycles. The van der Waals surface area contributed by atoms with E-state index in [2.05, 4.69) is 12.1 Å². The molecule has 0 saturated heterocycles. The number of benzene rings is 1. The van der Waals surface area contributed by atoms with Crippen molar-refractivity contribution in [3.63, 3.8) is 0 Å². The molecule has 0 N–H and O–H groups in total. The van der Waals surface area contributed by atoms with Gasteiger partial charge in [0.15, 0.2) is 0 Å². The fourth-order valence-electron chi connectivity index (χ4n) is 1.64. The van der Waals surface area contributed by atoms with Crippen molar-refractivity contribution in [3.8, 4) is 12.1 Å². The standard InChI is InChI=1S/C13H14ClN3/c1-3-17(9-10(2)7-15)13-5-4-12(14)6-11(13)8-16/h4-6,10H,3,9H2,1-2H3. The van der Waals surface area contributed by atoms with Crippen LogP contribution in [0.1, 0.15) is 19.4 Å². The van der Waals surface area contributed by atoms with Gasteiger partial charge < -0.3 is 4.90 Å². The quantitative estimate of drug-likeness (QED) is 0.821. The Bertz CT molecular complexity index is 471. The van der Waals surface area contributed by atoms with Gasteiger partial charge in [-0.1, -0.05) is 11.6 Å². The molecule has 0 aliphatic rings. The van der Waals surface area contributed by atoms with Crippen LogP contribution >= 0.6 is 11.6 Å². The van der Waals surface area contributed by atoms with Crippen LogP contribution in [-0.4, -0.2) is 13.1 Å². The molecule has 0 aromatic heterocycles. The van der Waals surface area contributed by atoms with E-state index in [1.54, 1.807) is 12.1 Å². The second-order valence-corrected chi connectivity index (χ2v) is 4.28. The number of hydrogen-bond donors (Lipinski definition) is 0. The molecule has 3 nitrogen and oxygen atoms in total. The van der Waals surface area contributed by atoms with Gasteiger partial charge >= 0.3 is 0 Å². The van der Waals surface area contributed by atoms with Gasteiger partial charge in [0.05, 0.1) is 23.2 Å². The van der Waals surface area contributed by atoms with Crippen molar-refractivity contribution < 1.29 is 0 Å². The molecule has 88 valence electrons. The molecule has 1 rings (SSSR count). The summed E-state index contributed by atoms with van der Waals surface area (Å²) in [4.78, 5) is 2.02. The van der Waals surface area contributed by atoms with Gasteiger partial charge in [-0.15, -0.1) is 0 Å². The first kappa shape index (κ1) is 13.4. The molecular formula is C13H14ClN3. The van der Waals surface area contributed by atoms with Crippen molar-refractivity contribution in [2.45, 2.75) is 13.8 Å². The highest BCUT2D eigenvalue weighted by Crippen LogP contribution is 2.24. The molecule has 0 aliphatic heterocycles. The maximum Gasteiger partial charge on any atom is 0.101 e. The van der Waals surface area contributed by atoms with Crippen molar-refractivity contribution >= 4 is 17.3 Å². The summed E-state index contributed by atoms with van der Waals surface area (Å²) in [5.41, 5.74) is 1.38. The van der Waals surface area contributed by atoms with Crippen LogP contribution in [0.15, 0.2) is 18.2 Å². The van der Waals surface area contributed by atoms with Crippen molar-refractivity contribution in [1.29, 1.82) is 10.5 Å². The van der Waals surface area contributed by atoms with E-state index in [-0.39, 0.29) is 5.92 Å². The zero-order chi connectivity index (χ0) is 12.8. The molecule has 4 heteroatoms. The second-order valence-electron chi connectivity index (χ2n) is 3.84. The van der Waals surface area contributed by atoms with Gasteiger partial charge in [0.1, 0.15) is 6.07 Å². The number of anilines is 1. The zero-order valence-electron chi connectivity index (χ0n) is 9.94. The minimum atomic E-state index is -0.0721. The molecule has 1 aromatic carbocycles. The van der Waals surface area contributed by atoms with Crippen LogP contribution in [0.25, 0.3) is 0 Å². The summed E-state index contributed by atoms with van der Waals surface area (Å²) in [6, 6.07) is 9.57. The molecule has 0 fully saturated rings. The lowest BCUT2D eigenvalue weighted by Gasteiger charge is -2.25. The van der Waals surface area contributed by atoms with Crippen molar-refractivity contribution in [2.75, 3.05) is 18.0 Å². The maximum absolute atomic E-state index is 9.08. The Kier molecular flexibility index (Phi) is 4.82. The molecule has 0 bridgehead atoms. The summed E-state index contributed by atoms with van der Waals surface area (Å²) in [5, 5.41) is 18.5. The number of hydrogen-bond acceptors (Lipinski definition) is 3. The van der Waals surface area contributed by atoms with Gasteiger partial charge in [0.2, 0.25) is 0 Å². The predicted octanol–water partition coefficient (Wildman–Crippen LogP) is 3.20. The molecular weight excluding hydrogens is 234 g/mol. The fourth-order valence-corrected chi connectivity index (χ4v) is 1.81. The molecule has 0 amide bonds. The summed E-state index contributed by atoms with van der Waals surface area (Å²) in [6.07, 6.45) is 0. The lowest BCUT2D eigenvalue weighted by molar-refractivity contribution is 0.686. The summed E-state index contributed by atoms with van der Waals surface area (Å²) in [6.45, 7) is 5.23. The number of halogens is 1. The van der Waals surface area contributed by atoms with Gasteiger partial charge in [0, 0.05) is 18.1 Å². The van der Waals surface area contributed by atoms with Crippen LogP contribution in [0.2, 0.25) is 5.02 Å². The van der Waals surface area contributed by atoms with E-state index >= 15 is 0 Å². The van der Waals surface area contributed by atoms with E-state index < -0.39 is 0 Å². The molecule has 1 aromatic rings. The fraction of sp³-hybridized carbons (Fsp3) is 0.385. The first-order valence-electron chi connectivity index (χ1n) is 5.46. The smallest absolute Gasteiger partial charge is 0.101 e. The van der Waals surface area contributed by atoms with Crippen LogP contribution in [0.5, 0.6) is 0 Å². The average molecular weight is 248 g/mol. The first-order valence-corrected chi connectivity index (χ1v) is 5.84. The van der Waals surface area contributed by atoms with Crippen LogP contribution in [0, 0.1) is 28.6 Å². The zero-order valence-corrected chi connectivity index (χ0v) is 10.7. The number of nitrogens with zero attached hydrogens (tertiary/aromatic N) is 3. The van der Waals surface area contributed by atoms with Crippen LogP contribution < -0.4 is 4.90 Å². The Balaban J connectivity index is 3.05. The van der Waals surface area contributed by atoms with Crippen molar-refractivity contribution in [2.24, 2.45) is 5.92 Å². The molecule has 0 heterocycles. The van der Waals surface area contributed by atoms with Gasteiger partial charge in [-0.05, 0) is 32.0 Å². The van der Waals surface area contributed by atoms with Crippen LogP contribution in [-0.2, 0) is 0 Å². The molecule has 17 heavy (non-hydrogen) atoms. The van der Waals surface area contributed by atoms with E-state index in [4.69, 9.17) is 22.1 Å². The second kappa shape index (κ2) is 6.13. The highest BCUT2D eigenvalue weighted by atomic mass is 35.5. The summed E-state index contributed by atoms with van der Waals surface area (Å²) in [7, 11) is 0. The van der Waals surface area contributed by atoms with E-state index in [1.807, 2.05) is 24.8 Å². The lowest BCUT2D eigenvalue weighted by atomic mass is 10.1. The van der Waals surface area contributed by atoms with Crippen LogP contribution in [0.3, 0.4) is 0 Å². The van der Waals surface area contributed by atoms with E-state index in [0.29, 0.717) is 17.1 Å². The van der Waals surface area contributed by atoms with E-state index in [9.17, 15) is 0 Å². The maximum atomic E-state index is 9.08. The SMILES string of the molecule is CCN(CC(C)C#N)c1ccc(Cl)cc1C#N. The molecule has 0 radical (unpaired) electrons.